The molecular weight excluding hydrogens is 314 g/mol. The highest BCUT2D eigenvalue weighted by Crippen LogP contribution is 2.22. The van der Waals surface area contributed by atoms with Gasteiger partial charge in [0.15, 0.2) is 0 Å². The van der Waals surface area contributed by atoms with Gasteiger partial charge in [-0.15, -0.1) is 0 Å². The predicted molar refractivity (Wildman–Crippen MR) is 100 cm³/mol. The van der Waals surface area contributed by atoms with Gasteiger partial charge in [0, 0.05) is 51.2 Å². The lowest BCUT2D eigenvalue weighted by atomic mass is 10.1. The molecule has 25 heavy (non-hydrogen) atoms. The van der Waals surface area contributed by atoms with E-state index in [4.69, 9.17) is 0 Å². The molecule has 1 aromatic rings. The first kappa shape index (κ1) is 19.0. The van der Waals surface area contributed by atoms with Crippen molar-refractivity contribution in [3.05, 3.63) is 40.6 Å². The van der Waals surface area contributed by atoms with E-state index in [1.54, 1.807) is 0 Å². The topological polar surface area (TPSA) is 80.2 Å². The SMILES string of the molecule is Cc1cc(C)c(N/C=C(/C#N)C(=O)NCCN2CCNCC2)c(C)c1. The fourth-order valence-corrected chi connectivity index (χ4v) is 3.06. The molecule has 0 bridgehead atoms. The highest BCUT2D eigenvalue weighted by molar-refractivity contribution is 5.97. The van der Waals surface area contributed by atoms with Gasteiger partial charge >= 0.3 is 0 Å². The van der Waals surface area contributed by atoms with Crippen molar-refractivity contribution < 1.29 is 4.79 Å². The van der Waals surface area contributed by atoms with E-state index in [0.717, 1.165) is 49.5 Å². The third-order valence-corrected chi connectivity index (χ3v) is 4.33. The van der Waals surface area contributed by atoms with Crippen LogP contribution in [-0.4, -0.2) is 50.1 Å². The number of hydrogen-bond donors (Lipinski definition) is 3. The summed E-state index contributed by atoms with van der Waals surface area (Å²) in [5, 5.41) is 18.5. The molecule has 3 N–H and O–H groups in total. The zero-order valence-corrected chi connectivity index (χ0v) is 15.3. The van der Waals surface area contributed by atoms with E-state index >= 15 is 0 Å². The van der Waals surface area contributed by atoms with Crippen LogP contribution >= 0.6 is 0 Å². The minimum atomic E-state index is -0.340. The van der Waals surface area contributed by atoms with Crippen molar-refractivity contribution in [1.82, 2.24) is 15.5 Å². The minimum Gasteiger partial charge on any atom is -0.360 e. The Morgan fingerprint density at radius 1 is 1.28 bits per heavy atom. The zero-order valence-electron chi connectivity index (χ0n) is 15.3. The quantitative estimate of drug-likeness (QED) is 0.539. The van der Waals surface area contributed by atoms with Crippen molar-refractivity contribution in [2.24, 2.45) is 0 Å². The van der Waals surface area contributed by atoms with Crippen molar-refractivity contribution in [2.75, 3.05) is 44.6 Å². The molecule has 1 amide bonds. The smallest absolute Gasteiger partial charge is 0.263 e. The van der Waals surface area contributed by atoms with Crippen LogP contribution in [0.1, 0.15) is 16.7 Å². The number of benzene rings is 1. The molecular formula is C19H27N5O. The summed E-state index contributed by atoms with van der Waals surface area (Å²) in [6.45, 7) is 11.4. The summed E-state index contributed by atoms with van der Waals surface area (Å²) in [5.41, 5.74) is 4.39. The van der Waals surface area contributed by atoms with Crippen molar-refractivity contribution in [1.29, 1.82) is 5.26 Å². The van der Waals surface area contributed by atoms with Gasteiger partial charge in [0.1, 0.15) is 11.6 Å². The highest BCUT2D eigenvalue weighted by Gasteiger charge is 2.12. The second kappa shape index (κ2) is 9.21. The molecule has 1 aliphatic rings. The van der Waals surface area contributed by atoms with Crippen LogP contribution in [0.5, 0.6) is 0 Å². The Morgan fingerprint density at radius 3 is 2.52 bits per heavy atom. The number of nitriles is 1. The number of nitrogens with one attached hydrogen (secondary N) is 3. The molecule has 1 saturated heterocycles. The number of carbonyl (C=O) groups excluding carboxylic acids is 1. The van der Waals surface area contributed by atoms with Crippen LogP contribution in [0, 0.1) is 32.1 Å². The number of rotatable bonds is 6. The number of carbonyl (C=O) groups is 1. The molecule has 0 aromatic heterocycles. The molecule has 0 saturated carbocycles. The lowest BCUT2D eigenvalue weighted by Gasteiger charge is -2.27. The molecule has 0 spiro atoms. The van der Waals surface area contributed by atoms with E-state index in [1.165, 1.54) is 11.8 Å². The lowest BCUT2D eigenvalue weighted by Crippen LogP contribution is -2.46. The summed E-state index contributed by atoms with van der Waals surface area (Å²) in [4.78, 5) is 14.5. The Hall–Kier alpha value is -2.36. The minimum absolute atomic E-state index is 0.0830. The van der Waals surface area contributed by atoms with Crippen molar-refractivity contribution in [3.63, 3.8) is 0 Å². The number of piperazine rings is 1. The number of aryl methyl sites for hydroxylation is 3. The fraction of sp³-hybridized carbons (Fsp3) is 0.474. The van der Waals surface area contributed by atoms with Crippen molar-refractivity contribution in [2.45, 2.75) is 20.8 Å². The van der Waals surface area contributed by atoms with E-state index in [-0.39, 0.29) is 11.5 Å². The first-order valence-corrected chi connectivity index (χ1v) is 8.67. The molecule has 0 radical (unpaired) electrons. The number of anilines is 1. The van der Waals surface area contributed by atoms with Crippen LogP contribution in [0.3, 0.4) is 0 Å². The van der Waals surface area contributed by atoms with Crippen LogP contribution in [-0.2, 0) is 4.79 Å². The second-order valence-electron chi connectivity index (χ2n) is 6.44. The molecule has 1 aromatic carbocycles. The van der Waals surface area contributed by atoms with E-state index in [2.05, 4.69) is 33.0 Å². The summed E-state index contributed by atoms with van der Waals surface area (Å²) in [6, 6.07) is 6.12. The van der Waals surface area contributed by atoms with E-state index in [0.29, 0.717) is 6.54 Å². The maximum Gasteiger partial charge on any atom is 0.263 e. The van der Waals surface area contributed by atoms with Crippen LogP contribution in [0.25, 0.3) is 0 Å². The Kier molecular flexibility index (Phi) is 6.99. The first-order valence-electron chi connectivity index (χ1n) is 8.67. The van der Waals surface area contributed by atoms with E-state index in [9.17, 15) is 10.1 Å². The number of hydrogen-bond acceptors (Lipinski definition) is 5. The van der Waals surface area contributed by atoms with Gasteiger partial charge in [-0.25, -0.2) is 0 Å². The Balaban J connectivity index is 1.91. The van der Waals surface area contributed by atoms with Gasteiger partial charge in [0.2, 0.25) is 0 Å². The molecule has 0 aliphatic carbocycles. The molecule has 1 aliphatic heterocycles. The molecule has 0 atom stereocenters. The third-order valence-electron chi connectivity index (χ3n) is 4.33. The largest absolute Gasteiger partial charge is 0.360 e. The number of amides is 1. The number of nitrogens with zero attached hydrogens (tertiary/aromatic N) is 2. The summed E-state index contributed by atoms with van der Waals surface area (Å²) >= 11 is 0. The van der Waals surface area contributed by atoms with E-state index in [1.807, 2.05) is 26.8 Å². The Bertz CT molecular complexity index is 661. The lowest BCUT2D eigenvalue weighted by molar-refractivity contribution is -0.117. The van der Waals surface area contributed by atoms with Gasteiger partial charge in [0.05, 0.1) is 0 Å². The van der Waals surface area contributed by atoms with Crippen molar-refractivity contribution >= 4 is 11.6 Å². The molecule has 134 valence electrons. The average Bonchev–Trinajstić information content (AvgIpc) is 2.58. The Morgan fingerprint density at radius 2 is 1.92 bits per heavy atom. The summed E-state index contributed by atoms with van der Waals surface area (Å²) in [7, 11) is 0. The van der Waals surface area contributed by atoms with Gasteiger partial charge in [-0.3, -0.25) is 9.69 Å². The van der Waals surface area contributed by atoms with Gasteiger partial charge in [0.25, 0.3) is 5.91 Å². The van der Waals surface area contributed by atoms with Gasteiger partial charge in [-0.1, -0.05) is 17.7 Å². The molecule has 0 unspecified atom stereocenters. The highest BCUT2D eigenvalue weighted by atomic mass is 16.1. The van der Waals surface area contributed by atoms with Crippen LogP contribution in [0.2, 0.25) is 0 Å². The average molecular weight is 341 g/mol. The van der Waals surface area contributed by atoms with E-state index < -0.39 is 0 Å². The maximum atomic E-state index is 12.2. The second-order valence-corrected chi connectivity index (χ2v) is 6.44. The van der Waals surface area contributed by atoms with Crippen LogP contribution in [0.15, 0.2) is 23.9 Å². The zero-order chi connectivity index (χ0) is 18.2. The molecule has 1 fully saturated rings. The summed E-state index contributed by atoms with van der Waals surface area (Å²) < 4.78 is 0. The monoisotopic (exact) mass is 341 g/mol. The van der Waals surface area contributed by atoms with Crippen LogP contribution < -0.4 is 16.0 Å². The summed E-state index contributed by atoms with van der Waals surface area (Å²) in [5.74, 6) is -0.340. The predicted octanol–water partition coefficient (Wildman–Crippen LogP) is 1.45. The van der Waals surface area contributed by atoms with Gasteiger partial charge < -0.3 is 16.0 Å². The standard InChI is InChI=1S/C19H27N5O/c1-14-10-15(2)18(16(3)11-14)23-13-17(12-20)19(25)22-6-9-24-7-4-21-5-8-24/h10-11,13,21,23H,4-9H2,1-3H3,(H,22,25)/b17-13-. The van der Waals surface area contributed by atoms with Crippen molar-refractivity contribution in [3.8, 4) is 6.07 Å². The fourth-order valence-electron chi connectivity index (χ4n) is 3.06. The third kappa shape index (κ3) is 5.59. The summed E-state index contributed by atoms with van der Waals surface area (Å²) in [6.07, 6.45) is 1.49. The molecule has 6 nitrogen and oxygen atoms in total. The van der Waals surface area contributed by atoms with Gasteiger partial charge in [-0.05, 0) is 31.9 Å². The molecule has 2 rings (SSSR count). The normalized spacial score (nSPS) is 15.5. The van der Waals surface area contributed by atoms with Gasteiger partial charge in [-0.2, -0.15) is 5.26 Å². The molecule has 1 heterocycles. The Labute approximate surface area is 149 Å². The maximum absolute atomic E-state index is 12.2. The van der Waals surface area contributed by atoms with Crippen LogP contribution in [0.4, 0.5) is 5.69 Å². The first-order chi connectivity index (χ1) is 12.0. The molecule has 6 heteroatoms.